The molecule has 0 radical (unpaired) electrons. The summed E-state index contributed by atoms with van der Waals surface area (Å²) < 4.78 is 1.90. The van der Waals surface area contributed by atoms with Crippen LogP contribution in [0.5, 0.6) is 0 Å². The predicted molar refractivity (Wildman–Crippen MR) is 74.9 cm³/mol. The molecule has 19 heavy (non-hydrogen) atoms. The molecule has 0 fully saturated rings. The quantitative estimate of drug-likeness (QED) is 0.919. The zero-order valence-corrected chi connectivity index (χ0v) is 11.4. The van der Waals surface area contributed by atoms with Crippen molar-refractivity contribution in [2.75, 3.05) is 12.4 Å². The van der Waals surface area contributed by atoms with E-state index in [0.29, 0.717) is 6.54 Å². The van der Waals surface area contributed by atoms with Gasteiger partial charge in [-0.1, -0.05) is 17.7 Å². The van der Waals surface area contributed by atoms with Crippen molar-refractivity contribution in [3.05, 3.63) is 48.0 Å². The van der Waals surface area contributed by atoms with Crippen LogP contribution in [0, 0.1) is 6.92 Å². The third kappa shape index (κ3) is 3.34. The van der Waals surface area contributed by atoms with E-state index < -0.39 is 0 Å². The SMILES string of the molecule is Cc1ccc(NC(=O)N(C)Cc2nccn2C)cc1. The molecule has 1 N–H and O–H groups in total. The van der Waals surface area contributed by atoms with Crippen molar-refractivity contribution in [3.8, 4) is 0 Å². The Hall–Kier alpha value is -2.30. The number of nitrogens with zero attached hydrogens (tertiary/aromatic N) is 3. The first-order chi connectivity index (χ1) is 9.06. The molecule has 0 unspecified atom stereocenters. The average Bonchev–Trinajstić information content (AvgIpc) is 2.78. The number of benzene rings is 1. The van der Waals surface area contributed by atoms with Gasteiger partial charge < -0.3 is 14.8 Å². The standard InChI is InChI=1S/C14H18N4O/c1-11-4-6-12(7-5-11)16-14(19)18(3)10-13-15-8-9-17(13)2/h4-9H,10H2,1-3H3,(H,16,19). The highest BCUT2D eigenvalue weighted by Gasteiger charge is 2.11. The van der Waals surface area contributed by atoms with Crippen molar-refractivity contribution in [2.24, 2.45) is 7.05 Å². The van der Waals surface area contributed by atoms with Crippen LogP contribution in [0.3, 0.4) is 0 Å². The number of anilines is 1. The summed E-state index contributed by atoms with van der Waals surface area (Å²) in [6.07, 6.45) is 3.59. The second-order valence-electron chi connectivity index (χ2n) is 4.61. The van der Waals surface area contributed by atoms with Crippen molar-refractivity contribution in [2.45, 2.75) is 13.5 Å². The van der Waals surface area contributed by atoms with Crippen molar-refractivity contribution >= 4 is 11.7 Å². The fourth-order valence-corrected chi connectivity index (χ4v) is 1.69. The lowest BCUT2D eigenvalue weighted by Crippen LogP contribution is -2.31. The number of hydrogen-bond acceptors (Lipinski definition) is 2. The molecule has 2 rings (SSSR count). The largest absolute Gasteiger partial charge is 0.337 e. The summed E-state index contributed by atoms with van der Waals surface area (Å²) in [6, 6.07) is 7.57. The maximum absolute atomic E-state index is 12.0. The topological polar surface area (TPSA) is 50.2 Å². The molecule has 0 aliphatic heterocycles. The Morgan fingerprint density at radius 1 is 1.37 bits per heavy atom. The first-order valence-corrected chi connectivity index (χ1v) is 6.11. The maximum atomic E-state index is 12.0. The summed E-state index contributed by atoms with van der Waals surface area (Å²) in [5.74, 6) is 0.849. The van der Waals surface area contributed by atoms with Gasteiger partial charge in [0, 0.05) is 32.2 Å². The van der Waals surface area contributed by atoms with Crippen molar-refractivity contribution < 1.29 is 4.79 Å². The Kier molecular flexibility index (Phi) is 3.85. The number of hydrogen-bond donors (Lipinski definition) is 1. The zero-order valence-electron chi connectivity index (χ0n) is 11.4. The molecule has 0 aliphatic rings. The molecular formula is C14H18N4O. The molecule has 1 aromatic heterocycles. The number of urea groups is 1. The lowest BCUT2D eigenvalue weighted by Gasteiger charge is -2.17. The molecule has 2 amide bonds. The van der Waals surface area contributed by atoms with Crippen LogP contribution in [0.1, 0.15) is 11.4 Å². The molecular weight excluding hydrogens is 240 g/mol. The van der Waals surface area contributed by atoms with E-state index in [1.54, 1.807) is 18.1 Å². The van der Waals surface area contributed by atoms with Crippen LogP contribution >= 0.6 is 0 Å². The number of aryl methyl sites for hydroxylation is 2. The maximum Gasteiger partial charge on any atom is 0.321 e. The van der Waals surface area contributed by atoms with Crippen LogP contribution in [0.2, 0.25) is 0 Å². The molecule has 1 heterocycles. The molecule has 0 atom stereocenters. The van der Waals surface area contributed by atoms with Crippen molar-refractivity contribution in [1.29, 1.82) is 0 Å². The van der Waals surface area contributed by atoms with Crippen LogP contribution in [0.15, 0.2) is 36.7 Å². The summed E-state index contributed by atoms with van der Waals surface area (Å²) in [6.45, 7) is 2.49. The fourth-order valence-electron chi connectivity index (χ4n) is 1.69. The average molecular weight is 258 g/mol. The van der Waals surface area contributed by atoms with Gasteiger partial charge in [-0.2, -0.15) is 0 Å². The van der Waals surface area contributed by atoms with Crippen molar-refractivity contribution in [3.63, 3.8) is 0 Å². The minimum absolute atomic E-state index is 0.146. The zero-order chi connectivity index (χ0) is 13.8. The molecule has 100 valence electrons. The van der Waals surface area contributed by atoms with E-state index in [2.05, 4.69) is 10.3 Å². The van der Waals surface area contributed by atoms with E-state index in [1.165, 1.54) is 5.56 Å². The first kappa shape index (κ1) is 13.1. The molecule has 2 aromatic rings. The summed E-state index contributed by atoms with van der Waals surface area (Å²) >= 11 is 0. The van der Waals surface area contributed by atoms with Gasteiger partial charge in [0.15, 0.2) is 0 Å². The number of carbonyl (C=O) groups excluding carboxylic acids is 1. The van der Waals surface area contributed by atoms with Gasteiger partial charge in [-0.05, 0) is 19.1 Å². The minimum Gasteiger partial charge on any atom is -0.337 e. The Labute approximate surface area is 112 Å². The van der Waals surface area contributed by atoms with E-state index in [4.69, 9.17) is 0 Å². The summed E-state index contributed by atoms with van der Waals surface area (Å²) in [5, 5.41) is 2.85. The highest BCUT2D eigenvalue weighted by atomic mass is 16.2. The number of amides is 2. The summed E-state index contributed by atoms with van der Waals surface area (Å²) in [5.41, 5.74) is 1.96. The minimum atomic E-state index is -0.146. The summed E-state index contributed by atoms with van der Waals surface area (Å²) in [7, 11) is 3.66. The summed E-state index contributed by atoms with van der Waals surface area (Å²) in [4.78, 5) is 17.8. The lowest BCUT2D eigenvalue weighted by molar-refractivity contribution is 0.219. The van der Waals surface area contributed by atoms with Gasteiger partial charge in [0.05, 0.1) is 6.54 Å². The van der Waals surface area contributed by atoms with Gasteiger partial charge in [-0.3, -0.25) is 0 Å². The normalized spacial score (nSPS) is 10.3. The lowest BCUT2D eigenvalue weighted by atomic mass is 10.2. The predicted octanol–water partition coefficient (Wildman–Crippen LogP) is 2.39. The highest BCUT2D eigenvalue weighted by Crippen LogP contribution is 2.10. The Bertz CT molecular complexity index is 559. The van der Waals surface area contributed by atoms with Crippen LogP contribution in [-0.2, 0) is 13.6 Å². The molecule has 0 bridgehead atoms. The van der Waals surface area contributed by atoms with Gasteiger partial charge in [-0.15, -0.1) is 0 Å². The Morgan fingerprint density at radius 3 is 2.63 bits per heavy atom. The van der Waals surface area contributed by atoms with E-state index in [-0.39, 0.29) is 6.03 Å². The molecule has 5 nitrogen and oxygen atoms in total. The van der Waals surface area contributed by atoms with Gasteiger partial charge in [0.25, 0.3) is 0 Å². The molecule has 1 aromatic carbocycles. The first-order valence-electron chi connectivity index (χ1n) is 6.11. The third-order valence-corrected chi connectivity index (χ3v) is 2.95. The number of rotatable bonds is 3. The van der Waals surface area contributed by atoms with Gasteiger partial charge in [-0.25, -0.2) is 9.78 Å². The van der Waals surface area contributed by atoms with Crippen LogP contribution in [0.4, 0.5) is 10.5 Å². The molecule has 0 saturated heterocycles. The second kappa shape index (κ2) is 5.56. The smallest absolute Gasteiger partial charge is 0.321 e. The second-order valence-corrected chi connectivity index (χ2v) is 4.61. The fraction of sp³-hybridized carbons (Fsp3) is 0.286. The van der Waals surface area contributed by atoms with Crippen LogP contribution in [0.25, 0.3) is 0 Å². The van der Waals surface area contributed by atoms with Crippen molar-refractivity contribution in [1.82, 2.24) is 14.5 Å². The molecule has 0 saturated carbocycles. The Balaban J connectivity index is 1.96. The van der Waals surface area contributed by atoms with E-state index >= 15 is 0 Å². The third-order valence-electron chi connectivity index (χ3n) is 2.95. The van der Waals surface area contributed by atoms with Gasteiger partial charge in [0.1, 0.15) is 5.82 Å². The van der Waals surface area contributed by atoms with Crippen LogP contribution < -0.4 is 5.32 Å². The van der Waals surface area contributed by atoms with E-state index in [9.17, 15) is 4.79 Å². The van der Waals surface area contributed by atoms with E-state index in [1.807, 2.05) is 49.0 Å². The number of imidazole rings is 1. The Morgan fingerprint density at radius 2 is 2.05 bits per heavy atom. The molecule has 0 spiro atoms. The van der Waals surface area contributed by atoms with Crippen LogP contribution in [-0.4, -0.2) is 27.5 Å². The number of aromatic nitrogens is 2. The molecule has 5 heteroatoms. The van der Waals surface area contributed by atoms with Gasteiger partial charge >= 0.3 is 6.03 Å². The van der Waals surface area contributed by atoms with E-state index in [0.717, 1.165) is 11.5 Å². The monoisotopic (exact) mass is 258 g/mol. The number of nitrogens with one attached hydrogen (secondary N) is 1. The number of carbonyl (C=O) groups is 1. The van der Waals surface area contributed by atoms with Gasteiger partial charge in [0.2, 0.25) is 0 Å². The molecule has 0 aliphatic carbocycles. The highest BCUT2D eigenvalue weighted by molar-refractivity contribution is 5.89.